The molecule has 3 rings (SSSR count). The standard InChI is InChI=1S/C15H19N5O.CH2F2O.H2/c1-20-10-16-9-13(20)12-7-8-17-14(19-12)15(21)18-11-5-3-2-4-6-11;2-1(3)4;/h7-11H,2-6H2,1H3,(H,18,21);1,4H;1H. The van der Waals surface area contributed by atoms with Crippen molar-refractivity contribution in [1.29, 1.82) is 0 Å². The van der Waals surface area contributed by atoms with Crippen LogP contribution in [-0.4, -0.2) is 43.2 Å². The van der Waals surface area contributed by atoms with Crippen LogP contribution in [0.1, 0.15) is 44.1 Å². The van der Waals surface area contributed by atoms with Crippen molar-refractivity contribution < 1.29 is 20.1 Å². The van der Waals surface area contributed by atoms with Gasteiger partial charge in [0.15, 0.2) is 0 Å². The lowest BCUT2D eigenvalue weighted by Gasteiger charge is -2.22. The number of aliphatic hydroxyl groups is 1. The minimum atomic E-state index is -3.17. The van der Waals surface area contributed by atoms with Crippen LogP contribution in [0.4, 0.5) is 8.78 Å². The molecule has 25 heavy (non-hydrogen) atoms. The van der Waals surface area contributed by atoms with Gasteiger partial charge in [-0.05, 0) is 18.9 Å². The maximum absolute atomic E-state index is 12.3. The van der Waals surface area contributed by atoms with E-state index in [4.69, 9.17) is 5.11 Å². The van der Waals surface area contributed by atoms with Crippen molar-refractivity contribution in [3.05, 3.63) is 30.6 Å². The van der Waals surface area contributed by atoms with Gasteiger partial charge in [0, 0.05) is 20.7 Å². The number of hydrogen-bond donors (Lipinski definition) is 2. The summed E-state index contributed by atoms with van der Waals surface area (Å²) in [5.41, 5.74) is 1.57. The van der Waals surface area contributed by atoms with E-state index >= 15 is 0 Å². The van der Waals surface area contributed by atoms with Crippen molar-refractivity contribution in [3.63, 3.8) is 0 Å². The number of alkyl halides is 2. The average Bonchev–Trinajstić information content (AvgIpc) is 3.01. The molecule has 138 valence electrons. The Kier molecular flexibility index (Phi) is 6.93. The molecule has 0 atom stereocenters. The second-order valence-corrected chi connectivity index (χ2v) is 5.74. The molecule has 1 saturated carbocycles. The normalized spacial score (nSPS) is 14.8. The number of nitrogens with one attached hydrogen (secondary N) is 1. The van der Waals surface area contributed by atoms with Crippen LogP contribution in [0.5, 0.6) is 0 Å². The van der Waals surface area contributed by atoms with Gasteiger partial charge in [-0.3, -0.25) is 4.79 Å². The molecule has 7 nitrogen and oxygen atoms in total. The zero-order valence-electron chi connectivity index (χ0n) is 13.9. The van der Waals surface area contributed by atoms with Crippen molar-refractivity contribution in [3.8, 4) is 11.4 Å². The largest absolute Gasteiger partial charge is 0.347 e. The van der Waals surface area contributed by atoms with E-state index in [2.05, 4.69) is 20.3 Å². The van der Waals surface area contributed by atoms with Crippen molar-refractivity contribution in [1.82, 2.24) is 24.8 Å². The minimum absolute atomic E-state index is 0. The van der Waals surface area contributed by atoms with Gasteiger partial charge in [-0.25, -0.2) is 15.0 Å². The molecule has 0 aliphatic heterocycles. The van der Waals surface area contributed by atoms with E-state index in [-0.39, 0.29) is 19.2 Å². The number of rotatable bonds is 3. The van der Waals surface area contributed by atoms with Crippen LogP contribution in [0.25, 0.3) is 11.4 Å². The summed E-state index contributed by atoms with van der Waals surface area (Å²) in [7, 11) is 1.90. The number of aliphatic hydroxyl groups excluding tert-OH is 1. The van der Waals surface area contributed by atoms with Gasteiger partial charge in [0.25, 0.3) is 5.91 Å². The molecule has 1 fully saturated rings. The van der Waals surface area contributed by atoms with Crippen molar-refractivity contribution in [2.24, 2.45) is 7.05 Å². The fourth-order valence-electron chi connectivity index (χ4n) is 2.71. The number of carbonyl (C=O) groups is 1. The SMILES string of the molecule is Cn1cncc1-c1ccnc(C(=O)NC2CCCCC2)n1.OC(F)F.[HH]. The number of carbonyl (C=O) groups excluding carboxylic acids is 1. The second-order valence-electron chi connectivity index (χ2n) is 5.74. The highest BCUT2D eigenvalue weighted by atomic mass is 19.3. The highest BCUT2D eigenvalue weighted by Gasteiger charge is 2.18. The summed E-state index contributed by atoms with van der Waals surface area (Å²) < 4.78 is 21.6. The molecule has 0 unspecified atom stereocenters. The summed E-state index contributed by atoms with van der Waals surface area (Å²) in [4.78, 5) is 24.8. The van der Waals surface area contributed by atoms with Crippen LogP contribution in [-0.2, 0) is 7.05 Å². The lowest BCUT2D eigenvalue weighted by molar-refractivity contribution is -0.0728. The first kappa shape index (κ1) is 18.9. The van der Waals surface area contributed by atoms with Crippen LogP contribution in [0.15, 0.2) is 24.8 Å². The number of hydrogen-bond acceptors (Lipinski definition) is 5. The van der Waals surface area contributed by atoms with Crippen molar-refractivity contribution >= 4 is 5.91 Å². The molecule has 2 aromatic rings. The fraction of sp³-hybridized carbons (Fsp3) is 0.500. The van der Waals surface area contributed by atoms with Gasteiger partial charge in [0.05, 0.1) is 23.9 Å². The molecule has 1 aliphatic rings. The third kappa shape index (κ3) is 5.86. The molecule has 0 radical (unpaired) electrons. The van der Waals surface area contributed by atoms with Gasteiger partial charge in [-0.15, -0.1) is 0 Å². The molecule has 0 bridgehead atoms. The Balaban J connectivity index is 0.000000616. The first-order valence-electron chi connectivity index (χ1n) is 8.04. The molecule has 2 aromatic heterocycles. The smallest absolute Gasteiger partial charge is 0.342 e. The quantitative estimate of drug-likeness (QED) is 0.882. The number of imidazole rings is 1. The molecule has 2 N–H and O–H groups in total. The van der Waals surface area contributed by atoms with Crippen LogP contribution in [0, 0.1) is 0 Å². The molecule has 0 spiro atoms. The van der Waals surface area contributed by atoms with Gasteiger partial charge in [0.1, 0.15) is 0 Å². The summed E-state index contributed by atoms with van der Waals surface area (Å²) in [6.45, 7) is -3.17. The third-order valence-electron chi connectivity index (χ3n) is 3.88. The molecule has 2 heterocycles. The number of aryl methyl sites for hydroxylation is 1. The fourth-order valence-corrected chi connectivity index (χ4v) is 2.71. The number of nitrogens with zero attached hydrogens (tertiary/aromatic N) is 4. The maximum atomic E-state index is 12.3. The predicted octanol–water partition coefficient (Wildman–Crippen LogP) is 2.39. The van der Waals surface area contributed by atoms with Crippen molar-refractivity contribution in [2.45, 2.75) is 44.8 Å². The van der Waals surface area contributed by atoms with E-state index in [1.807, 2.05) is 11.6 Å². The predicted molar refractivity (Wildman–Crippen MR) is 88.9 cm³/mol. The number of amides is 1. The number of halogens is 2. The molecular formula is C16H23F2N5O2. The lowest BCUT2D eigenvalue weighted by Crippen LogP contribution is -2.37. The Labute approximate surface area is 145 Å². The molecule has 9 heteroatoms. The maximum Gasteiger partial charge on any atom is 0.342 e. The Morgan fingerprint density at radius 1 is 1.40 bits per heavy atom. The first-order valence-corrected chi connectivity index (χ1v) is 8.04. The Morgan fingerprint density at radius 3 is 2.68 bits per heavy atom. The summed E-state index contributed by atoms with van der Waals surface area (Å²) in [5, 5.41) is 9.76. The first-order chi connectivity index (χ1) is 12.0. The molecule has 0 saturated heterocycles. The monoisotopic (exact) mass is 355 g/mol. The zero-order chi connectivity index (χ0) is 18.2. The Hall–Kier alpha value is -2.42. The molecule has 1 aliphatic carbocycles. The van der Waals surface area contributed by atoms with Crippen molar-refractivity contribution in [2.75, 3.05) is 0 Å². The zero-order valence-corrected chi connectivity index (χ0v) is 13.9. The minimum Gasteiger partial charge on any atom is -0.347 e. The van der Waals surface area contributed by atoms with Crippen LogP contribution in [0.3, 0.4) is 0 Å². The van der Waals surface area contributed by atoms with Gasteiger partial charge in [0.2, 0.25) is 5.82 Å². The summed E-state index contributed by atoms with van der Waals surface area (Å²) >= 11 is 0. The van der Waals surface area contributed by atoms with Crippen LogP contribution >= 0.6 is 0 Å². The number of aromatic nitrogens is 4. The van der Waals surface area contributed by atoms with E-state index in [1.165, 1.54) is 19.3 Å². The van der Waals surface area contributed by atoms with Crippen LogP contribution in [0.2, 0.25) is 0 Å². The molecular weight excluding hydrogens is 332 g/mol. The van der Waals surface area contributed by atoms with Crippen LogP contribution < -0.4 is 5.32 Å². The Bertz CT molecular complexity index is 690. The van der Waals surface area contributed by atoms with E-state index in [0.29, 0.717) is 5.69 Å². The van der Waals surface area contributed by atoms with E-state index < -0.39 is 6.61 Å². The second kappa shape index (κ2) is 9.16. The van der Waals surface area contributed by atoms with Gasteiger partial charge in [-0.2, -0.15) is 8.78 Å². The third-order valence-corrected chi connectivity index (χ3v) is 3.88. The van der Waals surface area contributed by atoms with Gasteiger partial charge < -0.3 is 15.0 Å². The molecule has 0 aromatic carbocycles. The molecule has 1 amide bonds. The topological polar surface area (TPSA) is 92.9 Å². The van der Waals surface area contributed by atoms with Gasteiger partial charge >= 0.3 is 6.61 Å². The summed E-state index contributed by atoms with van der Waals surface area (Å²) in [5.74, 6) is 0.0326. The Morgan fingerprint density at radius 2 is 2.08 bits per heavy atom. The summed E-state index contributed by atoms with van der Waals surface area (Å²) in [6.07, 6.45) is 10.8. The van der Waals surface area contributed by atoms with E-state index in [0.717, 1.165) is 18.5 Å². The van der Waals surface area contributed by atoms with E-state index in [9.17, 15) is 13.6 Å². The lowest BCUT2D eigenvalue weighted by atomic mass is 9.95. The van der Waals surface area contributed by atoms with Gasteiger partial charge in [-0.1, -0.05) is 19.3 Å². The summed E-state index contributed by atoms with van der Waals surface area (Å²) in [6, 6.07) is 2.05. The highest BCUT2D eigenvalue weighted by molar-refractivity contribution is 5.91. The van der Waals surface area contributed by atoms with E-state index in [1.54, 1.807) is 24.8 Å². The highest BCUT2D eigenvalue weighted by Crippen LogP contribution is 2.18. The average molecular weight is 355 g/mol.